The van der Waals surface area contributed by atoms with Gasteiger partial charge in [0.25, 0.3) is 0 Å². The summed E-state index contributed by atoms with van der Waals surface area (Å²) < 4.78 is 10.8. The average Bonchev–Trinajstić information content (AvgIpc) is 3.46. The molecule has 0 bridgehead atoms. The topological polar surface area (TPSA) is 106 Å². The number of ether oxygens (including phenoxy) is 2. The van der Waals surface area contributed by atoms with Gasteiger partial charge in [-0.3, -0.25) is 15.0 Å². The van der Waals surface area contributed by atoms with Gasteiger partial charge < -0.3 is 19.7 Å². The Balaban J connectivity index is 1.20. The van der Waals surface area contributed by atoms with Gasteiger partial charge in [0.15, 0.2) is 11.5 Å². The van der Waals surface area contributed by atoms with Crippen LogP contribution in [0.1, 0.15) is 22.7 Å². The highest BCUT2D eigenvalue weighted by Gasteiger charge is 2.32. The quantitative estimate of drug-likeness (QED) is 0.261. The highest BCUT2D eigenvalue weighted by Crippen LogP contribution is 2.36. The van der Waals surface area contributed by atoms with Gasteiger partial charge in [-0.1, -0.05) is 66.7 Å². The number of aromatic nitrogens is 2. The van der Waals surface area contributed by atoms with E-state index in [9.17, 15) is 10.1 Å². The van der Waals surface area contributed by atoms with Crippen LogP contribution >= 0.6 is 0 Å². The highest BCUT2D eigenvalue weighted by molar-refractivity contribution is 5.70. The van der Waals surface area contributed by atoms with Gasteiger partial charge in [-0.25, -0.2) is 9.97 Å². The number of hydrogen-bond donors (Lipinski definition) is 1. The molecule has 10 nitrogen and oxygen atoms in total. The molecular weight excluding hydrogens is 496 g/mol. The van der Waals surface area contributed by atoms with E-state index in [0.29, 0.717) is 37.0 Å². The molecule has 10 heteroatoms. The van der Waals surface area contributed by atoms with Crippen LogP contribution in [0.2, 0.25) is 0 Å². The van der Waals surface area contributed by atoms with Crippen LogP contribution in [0.5, 0.6) is 11.5 Å². The van der Waals surface area contributed by atoms with Crippen LogP contribution in [0.25, 0.3) is 0 Å². The molecule has 0 amide bonds. The van der Waals surface area contributed by atoms with Crippen molar-refractivity contribution in [3.63, 3.8) is 0 Å². The third-order valence-corrected chi connectivity index (χ3v) is 7.09. The Bertz CT molecular complexity index is 1410. The smallest absolute Gasteiger partial charge is 0.353 e. The molecule has 6 rings (SSSR count). The Morgan fingerprint density at radius 1 is 0.872 bits per heavy atom. The van der Waals surface area contributed by atoms with Crippen LogP contribution in [0, 0.1) is 10.1 Å². The first-order chi connectivity index (χ1) is 19.2. The standard InChI is InChI=1S/C29H28N6O4/c36-35(37)27-28(30-18-21-11-12-24-25(17-21)39-20-38-24)31-19-32-29(27)34-15-13-33(14-16-34)26(22-7-3-1-4-8-22)23-9-5-2-6-10-23/h1-12,17,19,26H,13-16,18,20H2,(H,30,31,32). The minimum absolute atomic E-state index is 0.105. The van der Waals surface area contributed by atoms with Crippen molar-refractivity contribution in [1.82, 2.24) is 14.9 Å². The summed E-state index contributed by atoms with van der Waals surface area (Å²) in [5.74, 6) is 1.87. The van der Waals surface area contributed by atoms with Crippen molar-refractivity contribution in [2.24, 2.45) is 0 Å². The molecule has 0 atom stereocenters. The molecule has 1 aromatic heterocycles. The lowest BCUT2D eigenvalue weighted by atomic mass is 9.96. The van der Waals surface area contributed by atoms with Gasteiger partial charge in [0, 0.05) is 32.7 Å². The van der Waals surface area contributed by atoms with E-state index in [1.54, 1.807) is 0 Å². The fourth-order valence-corrected chi connectivity index (χ4v) is 5.21. The van der Waals surface area contributed by atoms with Gasteiger partial charge in [-0.15, -0.1) is 0 Å². The second kappa shape index (κ2) is 11.0. The number of nitro groups is 1. The van der Waals surface area contributed by atoms with E-state index in [4.69, 9.17) is 9.47 Å². The Morgan fingerprint density at radius 3 is 2.21 bits per heavy atom. The van der Waals surface area contributed by atoms with E-state index in [-0.39, 0.29) is 24.3 Å². The third-order valence-electron chi connectivity index (χ3n) is 7.09. The largest absolute Gasteiger partial charge is 0.454 e. The summed E-state index contributed by atoms with van der Waals surface area (Å²) in [7, 11) is 0. The molecule has 1 N–H and O–H groups in total. The first-order valence-corrected chi connectivity index (χ1v) is 12.9. The molecule has 2 aliphatic rings. The van der Waals surface area contributed by atoms with Crippen LogP contribution in [-0.4, -0.2) is 52.8 Å². The van der Waals surface area contributed by atoms with Crippen molar-refractivity contribution in [1.29, 1.82) is 0 Å². The van der Waals surface area contributed by atoms with Crippen molar-refractivity contribution < 1.29 is 14.4 Å². The zero-order valence-corrected chi connectivity index (χ0v) is 21.3. The zero-order valence-electron chi connectivity index (χ0n) is 21.3. The number of rotatable bonds is 8. The van der Waals surface area contributed by atoms with Gasteiger partial charge in [0.1, 0.15) is 6.33 Å². The van der Waals surface area contributed by atoms with E-state index >= 15 is 0 Å². The molecular formula is C29H28N6O4. The Kier molecular flexibility index (Phi) is 6.92. The molecule has 0 aliphatic carbocycles. The Hall–Kier alpha value is -4.70. The Morgan fingerprint density at radius 2 is 1.54 bits per heavy atom. The van der Waals surface area contributed by atoms with Crippen molar-refractivity contribution in [2.45, 2.75) is 12.6 Å². The molecule has 2 aliphatic heterocycles. The van der Waals surface area contributed by atoms with Crippen LogP contribution in [0.3, 0.4) is 0 Å². The van der Waals surface area contributed by atoms with Crippen molar-refractivity contribution >= 4 is 17.3 Å². The number of nitrogens with one attached hydrogen (secondary N) is 1. The minimum atomic E-state index is -0.402. The van der Waals surface area contributed by atoms with Crippen molar-refractivity contribution in [2.75, 3.05) is 43.2 Å². The molecule has 0 unspecified atom stereocenters. The SMILES string of the molecule is O=[N+]([O-])c1c(NCc2ccc3c(c2)OCO3)ncnc1N1CCN(C(c2ccccc2)c2ccccc2)CC1. The summed E-state index contributed by atoms with van der Waals surface area (Å²) in [5.41, 5.74) is 3.23. The molecule has 3 aromatic carbocycles. The lowest BCUT2D eigenvalue weighted by Gasteiger charge is -2.40. The number of anilines is 2. The fourth-order valence-electron chi connectivity index (χ4n) is 5.21. The molecule has 3 heterocycles. The molecule has 4 aromatic rings. The van der Waals surface area contributed by atoms with Crippen LogP contribution in [0.4, 0.5) is 17.3 Å². The zero-order chi connectivity index (χ0) is 26.6. The number of piperazine rings is 1. The summed E-state index contributed by atoms with van der Waals surface area (Å²) in [6, 6.07) is 26.6. The van der Waals surface area contributed by atoms with Crippen LogP contribution in [-0.2, 0) is 6.54 Å². The van der Waals surface area contributed by atoms with E-state index in [1.165, 1.54) is 17.5 Å². The van der Waals surface area contributed by atoms with Crippen LogP contribution in [0.15, 0.2) is 85.2 Å². The lowest BCUT2D eigenvalue weighted by molar-refractivity contribution is -0.383. The fraction of sp³-hybridized carbons (Fsp3) is 0.241. The van der Waals surface area contributed by atoms with Crippen molar-refractivity contribution in [3.05, 3.63) is 112 Å². The number of fused-ring (bicyclic) bond motifs is 1. The number of hydrogen-bond acceptors (Lipinski definition) is 9. The Labute approximate surface area is 226 Å². The highest BCUT2D eigenvalue weighted by atomic mass is 16.7. The van der Waals surface area contributed by atoms with Gasteiger partial charge in [-0.2, -0.15) is 0 Å². The van der Waals surface area contributed by atoms with E-state index in [1.807, 2.05) is 35.2 Å². The maximum atomic E-state index is 12.2. The maximum absolute atomic E-state index is 12.2. The predicted octanol–water partition coefficient (Wildman–Crippen LogP) is 4.64. The van der Waals surface area contributed by atoms with Crippen molar-refractivity contribution in [3.8, 4) is 11.5 Å². The number of nitrogens with zero attached hydrogens (tertiary/aromatic N) is 5. The lowest BCUT2D eigenvalue weighted by Crippen LogP contribution is -2.48. The summed E-state index contributed by atoms with van der Waals surface area (Å²) in [4.78, 5) is 24.8. The normalized spacial score (nSPS) is 14.9. The molecule has 0 spiro atoms. The van der Waals surface area contributed by atoms with E-state index < -0.39 is 4.92 Å². The van der Waals surface area contributed by atoms with E-state index in [0.717, 1.165) is 18.7 Å². The molecule has 0 saturated carbocycles. The van der Waals surface area contributed by atoms with Gasteiger partial charge in [-0.05, 0) is 28.8 Å². The maximum Gasteiger partial charge on any atom is 0.353 e. The van der Waals surface area contributed by atoms with Gasteiger partial charge >= 0.3 is 5.69 Å². The van der Waals surface area contributed by atoms with E-state index in [2.05, 4.69) is 68.7 Å². The molecule has 1 saturated heterocycles. The predicted molar refractivity (Wildman–Crippen MR) is 147 cm³/mol. The molecule has 198 valence electrons. The summed E-state index contributed by atoms with van der Waals surface area (Å²) in [6.07, 6.45) is 1.38. The minimum Gasteiger partial charge on any atom is -0.454 e. The summed E-state index contributed by atoms with van der Waals surface area (Å²) in [5, 5.41) is 15.3. The monoisotopic (exact) mass is 524 g/mol. The number of benzene rings is 3. The summed E-state index contributed by atoms with van der Waals surface area (Å²) in [6.45, 7) is 3.21. The summed E-state index contributed by atoms with van der Waals surface area (Å²) >= 11 is 0. The first kappa shape index (κ1) is 24.6. The second-order valence-electron chi connectivity index (χ2n) is 9.44. The molecule has 1 fully saturated rings. The van der Waals surface area contributed by atoms with Gasteiger partial charge in [0.2, 0.25) is 18.4 Å². The molecule has 39 heavy (non-hydrogen) atoms. The third kappa shape index (κ3) is 5.19. The van der Waals surface area contributed by atoms with Crippen LogP contribution < -0.4 is 19.7 Å². The average molecular weight is 525 g/mol. The van der Waals surface area contributed by atoms with Gasteiger partial charge in [0.05, 0.1) is 11.0 Å². The molecule has 0 radical (unpaired) electrons. The first-order valence-electron chi connectivity index (χ1n) is 12.9. The second-order valence-corrected chi connectivity index (χ2v) is 9.44.